The van der Waals surface area contributed by atoms with Crippen LogP contribution in [0.15, 0.2) is 18.2 Å². The van der Waals surface area contributed by atoms with E-state index in [9.17, 15) is 9.18 Å². The lowest BCUT2D eigenvalue weighted by molar-refractivity contribution is -0.119. The highest BCUT2D eigenvalue weighted by Gasteiger charge is 2.27. The Bertz CT molecular complexity index is 625. The van der Waals surface area contributed by atoms with Crippen LogP contribution >= 0.6 is 11.6 Å². The molecule has 1 fully saturated rings. The zero-order valence-electron chi connectivity index (χ0n) is 9.49. The molecule has 1 unspecified atom stereocenters. The Morgan fingerprint density at radius 3 is 3.06 bits per heavy atom. The van der Waals surface area contributed by atoms with E-state index < -0.39 is 0 Å². The summed E-state index contributed by atoms with van der Waals surface area (Å²) in [6.45, 7) is 0.532. The number of imidazole rings is 1. The minimum atomic E-state index is -0.366. The molecule has 0 aliphatic carbocycles. The zero-order valence-corrected chi connectivity index (χ0v) is 10.2. The molecule has 1 saturated heterocycles. The second-order valence-electron chi connectivity index (χ2n) is 4.30. The fourth-order valence-electron chi connectivity index (χ4n) is 2.41. The first-order valence-corrected chi connectivity index (χ1v) is 6.22. The molecule has 0 bridgehead atoms. The van der Waals surface area contributed by atoms with Crippen molar-refractivity contribution in [3.8, 4) is 0 Å². The van der Waals surface area contributed by atoms with Crippen molar-refractivity contribution in [1.82, 2.24) is 14.9 Å². The van der Waals surface area contributed by atoms with Crippen molar-refractivity contribution < 1.29 is 9.18 Å². The predicted molar refractivity (Wildman–Crippen MR) is 65.9 cm³/mol. The molecule has 1 aromatic heterocycles. The molecule has 1 atom stereocenters. The number of alkyl halides is 1. The number of halogens is 2. The summed E-state index contributed by atoms with van der Waals surface area (Å²) in [5.74, 6) is 0.422. The molecule has 6 heteroatoms. The summed E-state index contributed by atoms with van der Waals surface area (Å²) >= 11 is 5.86. The van der Waals surface area contributed by atoms with E-state index in [0.29, 0.717) is 29.8 Å². The largest absolute Gasteiger partial charge is 0.354 e. The maximum Gasteiger partial charge on any atom is 0.222 e. The standard InChI is InChI=1S/C12H11ClFN3O/c13-5-10-16-12-8(14)2-1-3-9(12)17(10)7-4-11(18)15-6-7/h1-3,7H,4-6H2,(H,15,18). The second-order valence-corrected chi connectivity index (χ2v) is 4.57. The molecule has 0 radical (unpaired) electrons. The number of carbonyl (C=O) groups is 1. The lowest BCUT2D eigenvalue weighted by Gasteiger charge is -2.13. The van der Waals surface area contributed by atoms with Crippen molar-refractivity contribution in [1.29, 1.82) is 0 Å². The highest BCUT2D eigenvalue weighted by atomic mass is 35.5. The van der Waals surface area contributed by atoms with E-state index in [1.54, 1.807) is 12.1 Å². The molecule has 1 amide bonds. The quantitative estimate of drug-likeness (QED) is 0.846. The van der Waals surface area contributed by atoms with Gasteiger partial charge in [-0.2, -0.15) is 0 Å². The van der Waals surface area contributed by atoms with Gasteiger partial charge in [0.05, 0.1) is 17.4 Å². The number of aromatic nitrogens is 2. The minimum absolute atomic E-state index is 0.00113. The Balaban J connectivity index is 2.20. The molecule has 1 aliphatic rings. The minimum Gasteiger partial charge on any atom is -0.354 e. The van der Waals surface area contributed by atoms with Gasteiger partial charge in [-0.05, 0) is 12.1 Å². The average molecular weight is 268 g/mol. The predicted octanol–water partition coefficient (Wildman–Crippen LogP) is 1.98. The lowest BCUT2D eigenvalue weighted by Crippen LogP contribution is -2.16. The lowest BCUT2D eigenvalue weighted by atomic mass is 10.2. The smallest absolute Gasteiger partial charge is 0.222 e. The first-order chi connectivity index (χ1) is 8.70. The monoisotopic (exact) mass is 267 g/mol. The number of rotatable bonds is 2. The van der Waals surface area contributed by atoms with Gasteiger partial charge in [0.2, 0.25) is 5.91 Å². The first-order valence-electron chi connectivity index (χ1n) is 5.68. The maximum atomic E-state index is 13.7. The molecule has 0 saturated carbocycles. The molecule has 3 rings (SSSR count). The molecule has 94 valence electrons. The number of amides is 1. The van der Waals surface area contributed by atoms with Crippen molar-refractivity contribution in [2.45, 2.75) is 18.3 Å². The number of carbonyl (C=O) groups excluding carboxylic acids is 1. The number of benzene rings is 1. The summed E-state index contributed by atoms with van der Waals surface area (Å²) in [5.41, 5.74) is 1.000. The van der Waals surface area contributed by atoms with E-state index in [0.717, 1.165) is 0 Å². The molecule has 2 aromatic rings. The SMILES string of the molecule is O=C1CC(n2c(CCl)nc3c(F)cccc32)CN1. The van der Waals surface area contributed by atoms with E-state index in [1.165, 1.54) is 6.07 Å². The third-order valence-electron chi connectivity index (χ3n) is 3.18. The molecule has 18 heavy (non-hydrogen) atoms. The molecule has 4 nitrogen and oxygen atoms in total. The van der Waals surface area contributed by atoms with Crippen LogP contribution < -0.4 is 5.32 Å². The Kier molecular flexibility index (Phi) is 2.70. The van der Waals surface area contributed by atoms with Gasteiger partial charge in [-0.25, -0.2) is 9.37 Å². The number of nitrogens with one attached hydrogen (secondary N) is 1. The van der Waals surface area contributed by atoms with E-state index in [4.69, 9.17) is 11.6 Å². The highest BCUT2D eigenvalue weighted by Crippen LogP contribution is 2.27. The highest BCUT2D eigenvalue weighted by molar-refractivity contribution is 6.16. The van der Waals surface area contributed by atoms with E-state index in [1.807, 2.05) is 4.57 Å². The fraction of sp³-hybridized carbons (Fsp3) is 0.333. The van der Waals surface area contributed by atoms with Crippen LogP contribution in [-0.2, 0) is 10.7 Å². The summed E-state index contributed by atoms with van der Waals surface area (Å²) < 4.78 is 15.5. The topological polar surface area (TPSA) is 46.9 Å². The Morgan fingerprint density at radius 2 is 2.39 bits per heavy atom. The van der Waals surface area contributed by atoms with Crippen LogP contribution in [0.1, 0.15) is 18.3 Å². The molecule has 1 aliphatic heterocycles. The van der Waals surface area contributed by atoms with Gasteiger partial charge in [0.15, 0.2) is 5.82 Å². The number of hydrogen-bond donors (Lipinski definition) is 1. The van der Waals surface area contributed by atoms with E-state index in [2.05, 4.69) is 10.3 Å². The van der Waals surface area contributed by atoms with Crippen LogP contribution in [-0.4, -0.2) is 22.0 Å². The van der Waals surface area contributed by atoms with Gasteiger partial charge in [-0.3, -0.25) is 4.79 Å². The van der Waals surface area contributed by atoms with Crippen molar-refractivity contribution in [3.63, 3.8) is 0 Å². The van der Waals surface area contributed by atoms with Gasteiger partial charge in [-0.1, -0.05) is 6.07 Å². The van der Waals surface area contributed by atoms with Gasteiger partial charge >= 0.3 is 0 Å². The van der Waals surface area contributed by atoms with Crippen LogP contribution in [0.3, 0.4) is 0 Å². The van der Waals surface area contributed by atoms with Crippen molar-refractivity contribution in [3.05, 3.63) is 29.8 Å². The number of para-hydroxylation sites is 1. The molecule has 1 N–H and O–H groups in total. The first kappa shape index (κ1) is 11.5. The van der Waals surface area contributed by atoms with Crippen LogP contribution in [0, 0.1) is 5.82 Å². The third-order valence-corrected chi connectivity index (χ3v) is 3.42. The van der Waals surface area contributed by atoms with Gasteiger partial charge < -0.3 is 9.88 Å². The molecule has 1 aromatic carbocycles. The van der Waals surface area contributed by atoms with Crippen molar-refractivity contribution in [2.24, 2.45) is 0 Å². The van der Waals surface area contributed by atoms with Crippen molar-refractivity contribution >= 4 is 28.5 Å². The van der Waals surface area contributed by atoms with Crippen molar-refractivity contribution in [2.75, 3.05) is 6.54 Å². The molecular formula is C12H11ClFN3O. The normalized spacial score (nSPS) is 19.4. The summed E-state index contributed by atoms with van der Waals surface area (Å²) in [4.78, 5) is 15.5. The van der Waals surface area contributed by atoms with E-state index >= 15 is 0 Å². The van der Waals surface area contributed by atoms with Crippen LogP contribution in [0.5, 0.6) is 0 Å². The Labute approximate surface area is 108 Å². The van der Waals surface area contributed by atoms with Crippen LogP contribution in [0.4, 0.5) is 4.39 Å². The number of fused-ring (bicyclic) bond motifs is 1. The third kappa shape index (κ3) is 1.66. The molecule has 0 spiro atoms. The Morgan fingerprint density at radius 1 is 1.56 bits per heavy atom. The second kappa shape index (κ2) is 4.24. The summed E-state index contributed by atoms with van der Waals surface area (Å²) in [6, 6.07) is 4.76. The average Bonchev–Trinajstić information content (AvgIpc) is 2.93. The fourth-order valence-corrected chi connectivity index (χ4v) is 2.59. The number of nitrogens with zero attached hydrogens (tertiary/aromatic N) is 2. The summed E-state index contributed by atoms with van der Waals surface area (Å²) in [6.07, 6.45) is 0.381. The van der Waals surface area contributed by atoms with Gasteiger partial charge in [0, 0.05) is 13.0 Å². The van der Waals surface area contributed by atoms with Gasteiger partial charge in [-0.15, -0.1) is 11.6 Å². The maximum absolute atomic E-state index is 13.7. The van der Waals surface area contributed by atoms with Crippen LogP contribution in [0.2, 0.25) is 0 Å². The number of hydrogen-bond acceptors (Lipinski definition) is 2. The Hall–Kier alpha value is -1.62. The molecule has 2 heterocycles. The van der Waals surface area contributed by atoms with Gasteiger partial charge in [0.1, 0.15) is 11.3 Å². The van der Waals surface area contributed by atoms with Crippen LogP contribution in [0.25, 0.3) is 11.0 Å². The molecular weight excluding hydrogens is 257 g/mol. The summed E-state index contributed by atoms with van der Waals surface area (Å²) in [7, 11) is 0. The summed E-state index contributed by atoms with van der Waals surface area (Å²) in [5, 5.41) is 2.76. The zero-order chi connectivity index (χ0) is 12.7. The van der Waals surface area contributed by atoms with E-state index in [-0.39, 0.29) is 23.6 Å². The van der Waals surface area contributed by atoms with Gasteiger partial charge in [0.25, 0.3) is 0 Å².